The van der Waals surface area contributed by atoms with E-state index in [2.05, 4.69) is 78.0 Å². The molecule has 3 aromatic heterocycles. The Morgan fingerprint density at radius 2 is 1.20 bits per heavy atom. The van der Waals surface area contributed by atoms with Gasteiger partial charge in [0.2, 0.25) is 0 Å². The van der Waals surface area contributed by atoms with Gasteiger partial charge in [0.15, 0.2) is 5.78 Å². The minimum absolute atomic E-state index is 0. The molecule has 2 saturated carbocycles. The first kappa shape index (κ1) is 60.6. The smallest absolute Gasteiger partial charge is 0.338 e. The number of allylic oxidation sites excluding steroid dienone is 3. The lowest BCUT2D eigenvalue weighted by Gasteiger charge is -2.39. The third-order valence-electron chi connectivity index (χ3n) is 13.6. The van der Waals surface area contributed by atoms with Gasteiger partial charge < -0.3 is 40.7 Å². The quantitative estimate of drug-likeness (QED) is 0.127. The lowest BCUT2D eigenvalue weighted by Crippen LogP contribution is -2.42. The number of hydrogen-bond donors (Lipinski definition) is 4. The summed E-state index contributed by atoms with van der Waals surface area (Å²) < 4.78 is 0. The fraction of sp³-hybridized carbons (Fsp3) is 0.569. The van der Waals surface area contributed by atoms with Crippen molar-refractivity contribution in [2.75, 3.05) is 57.6 Å². The first-order valence-electron chi connectivity index (χ1n) is 23.5. The van der Waals surface area contributed by atoms with Gasteiger partial charge in [-0.2, -0.15) is 10.5 Å². The number of hydrogen-bond acceptors (Lipinski definition) is 13. The number of pyridine rings is 1. The van der Waals surface area contributed by atoms with Crippen LogP contribution in [0.4, 0.5) is 10.0 Å². The van der Waals surface area contributed by atoms with E-state index in [4.69, 9.17) is 5.73 Å². The maximum absolute atomic E-state index is 13.1. The largest absolute Gasteiger partial charge is 0.478 e. The predicted molar refractivity (Wildman–Crippen MR) is 287 cm³/mol. The number of amides is 1. The maximum Gasteiger partial charge on any atom is 0.338 e. The van der Waals surface area contributed by atoms with Crippen molar-refractivity contribution < 1.29 is 19.5 Å². The molecule has 3 heterocycles. The van der Waals surface area contributed by atoms with Crippen molar-refractivity contribution >= 4 is 75.1 Å². The summed E-state index contributed by atoms with van der Waals surface area (Å²) in [6, 6.07) is 8.27. The van der Waals surface area contributed by atoms with E-state index in [-0.39, 0.29) is 54.2 Å². The fourth-order valence-corrected chi connectivity index (χ4v) is 12.3. The molecule has 3 aliphatic carbocycles. The van der Waals surface area contributed by atoms with Gasteiger partial charge in [0.1, 0.15) is 21.9 Å². The number of anilines is 2. The molecule has 0 saturated heterocycles. The van der Waals surface area contributed by atoms with E-state index in [0.29, 0.717) is 58.0 Å². The van der Waals surface area contributed by atoms with Crippen LogP contribution in [0, 0.1) is 50.4 Å². The fourth-order valence-electron chi connectivity index (χ4n) is 9.87. The van der Waals surface area contributed by atoms with Crippen LogP contribution >= 0.6 is 47.5 Å². The van der Waals surface area contributed by atoms with Crippen molar-refractivity contribution in [3.8, 4) is 12.1 Å². The number of halogens is 2. The topological polar surface area (TPSA) is 203 Å². The van der Waals surface area contributed by atoms with Crippen LogP contribution in [0.5, 0.6) is 0 Å². The summed E-state index contributed by atoms with van der Waals surface area (Å²) in [7, 11) is 8.54. The maximum atomic E-state index is 13.1. The highest BCUT2D eigenvalue weighted by molar-refractivity contribution is 7.17. The summed E-state index contributed by atoms with van der Waals surface area (Å²) in [4.78, 5) is 61.0. The molecule has 14 nitrogen and oxygen atoms in total. The number of carbonyl (C=O) groups is 3. The molecular formula is C51H75Cl2N9O5S2. The van der Waals surface area contributed by atoms with Crippen LogP contribution < -0.4 is 26.4 Å². The number of aryl methyl sites for hydroxylation is 2. The van der Waals surface area contributed by atoms with Crippen LogP contribution in [0.3, 0.4) is 0 Å². The van der Waals surface area contributed by atoms with Gasteiger partial charge in [-0.15, -0.1) is 47.5 Å². The lowest BCUT2D eigenvalue weighted by atomic mass is 9.89. The number of rotatable bonds is 13. The van der Waals surface area contributed by atoms with Crippen LogP contribution in [-0.4, -0.2) is 110 Å². The lowest BCUT2D eigenvalue weighted by molar-refractivity contribution is -0.115. The molecule has 3 aromatic rings. The van der Waals surface area contributed by atoms with Gasteiger partial charge in [-0.25, -0.2) is 4.79 Å². The number of aromatic nitrogens is 1. The van der Waals surface area contributed by atoms with Crippen LogP contribution in [-0.2, 0) is 11.3 Å². The Labute approximate surface area is 430 Å². The molecule has 3 aliphatic rings. The standard InChI is InChI=1S/C25H35N5O2S.C17H25N3O2S.C9H13NO.2ClH/c1-7-30(19-10-8-18(9-11-19)29(5)6)25-17(4)22(21(13-26)33-25)24(32)27-14-20-15(2)12-16(3)28-23(20)31;1-5-20(13-8-6-12(7-9-13)19(3)4)16-11(2)15(17(21)22)14(10-18)23-16;1-6-3-7(2)8(5-10)9(11)4-6;;/h12,18-19H,7-11,14H2,1-6H3,(H,27,32)(H,28,31);12-13H,5-9H2,1-4H3,(H,21,22);3H,4-5,10H2,1-2H3;2*1H. The van der Waals surface area contributed by atoms with Crippen molar-refractivity contribution in [2.45, 2.75) is 144 Å². The van der Waals surface area contributed by atoms with Crippen LogP contribution in [0.25, 0.3) is 0 Å². The summed E-state index contributed by atoms with van der Waals surface area (Å²) >= 11 is 2.72. The number of aromatic amines is 1. The number of nitrogens with one attached hydrogen (secondary N) is 2. The van der Waals surface area contributed by atoms with Crippen molar-refractivity contribution in [3.63, 3.8) is 0 Å². The molecule has 380 valence electrons. The molecule has 0 spiro atoms. The summed E-state index contributed by atoms with van der Waals surface area (Å²) in [5, 5.41) is 33.2. The molecule has 0 unspecified atom stereocenters. The molecule has 1 amide bonds. The highest BCUT2D eigenvalue weighted by Gasteiger charge is 2.32. The average Bonchev–Trinajstić information content (AvgIpc) is 3.79. The minimum Gasteiger partial charge on any atom is -0.478 e. The molecule has 6 rings (SSSR count). The van der Waals surface area contributed by atoms with Gasteiger partial charge in [0.25, 0.3) is 11.5 Å². The van der Waals surface area contributed by atoms with Crippen LogP contribution in [0.1, 0.15) is 144 Å². The number of carboxylic acid groups (broad SMARTS) is 1. The Hall–Kier alpha value is -4.52. The van der Waals surface area contributed by atoms with E-state index in [1.165, 1.54) is 22.7 Å². The summed E-state index contributed by atoms with van der Waals surface area (Å²) in [6.07, 6.45) is 11.6. The molecule has 69 heavy (non-hydrogen) atoms. The Bertz CT molecular complexity index is 2460. The van der Waals surface area contributed by atoms with E-state index >= 15 is 0 Å². The number of nitrogens with two attached hydrogens (primary N) is 1. The van der Waals surface area contributed by atoms with Gasteiger partial charge in [-0.3, -0.25) is 14.4 Å². The Morgan fingerprint density at radius 1 is 0.768 bits per heavy atom. The van der Waals surface area contributed by atoms with E-state index in [9.17, 15) is 34.8 Å². The molecule has 0 radical (unpaired) electrons. The van der Waals surface area contributed by atoms with Crippen LogP contribution in [0.15, 0.2) is 33.7 Å². The Kier molecular flexibility index (Phi) is 24.4. The molecule has 2 fully saturated rings. The molecule has 0 atom stereocenters. The summed E-state index contributed by atoms with van der Waals surface area (Å²) in [6.45, 7) is 17.8. The second-order valence-electron chi connectivity index (χ2n) is 18.5. The number of Topliss-reactive ketones (excluding diaryl/α,β-unsaturated/α-hetero) is 1. The molecule has 0 aromatic carbocycles. The molecule has 0 bridgehead atoms. The number of H-pyrrole nitrogens is 1. The normalized spacial score (nSPS) is 18.8. The number of nitrogens with zero attached hydrogens (tertiary/aromatic N) is 6. The summed E-state index contributed by atoms with van der Waals surface area (Å²) in [5.41, 5.74) is 12.5. The van der Waals surface area contributed by atoms with Gasteiger partial charge in [0, 0.05) is 73.6 Å². The second kappa shape index (κ2) is 27.8. The zero-order valence-electron chi connectivity index (χ0n) is 42.6. The average molecular weight is 1030 g/mol. The zero-order chi connectivity index (χ0) is 49.9. The first-order valence-corrected chi connectivity index (χ1v) is 25.1. The molecular weight excluding hydrogens is 954 g/mol. The van der Waals surface area contributed by atoms with E-state index in [1.807, 2.05) is 59.8 Å². The van der Waals surface area contributed by atoms with Crippen molar-refractivity contribution in [2.24, 2.45) is 5.73 Å². The number of nitriles is 2. The van der Waals surface area contributed by atoms with Crippen molar-refractivity contribution in [1.29, 1.82) is 10.5 Å². The minimum atomic E-state index is -1.01. The van der Waals surface area contributed by atoms with Crippen LogP contribution in [0.2, 0.25) is 0 Å². The van der Waals surface area contributed by atoms with E-state index in [1.54, 1.807) is 0 Å². The first-order chi connectivity index (χ1) is 31.7. The molecule has 0 aliphatic heterocycles. The molecule has 5 N–H and O–H groups in total. The number of ketones is 1. The second-order valence-corrected chi connectivity index (χ2v) is 20.5. The number of thiophene rings is 2. The Morgan fingerprint density at radius 3 is 1.57 bits per heavy atom. The van der Waals surface area contributed by atoms with Gasteiger partial charge in [-0.1, -0.05) is 11.6 Å². The van der Waals surface area contributed by atoms with Gasteiger partial charge >= 0.3 is 5.97 Å². The van der Waals surface area contributed by atoms with Crippen molar-refractivity contribution in [1.82, 2.24) is 20.1 Å². The number of carboxylic acids is 1. The van der Waals surface area contributed by atoms with Crippen molar-refractivity contribution in [3.05, 3.63) is 88.0 Å². The molecule has 18 heteroatoms. The van der Waals surface area contributed by atoms with Gasteiger partial charge in [0.05, 0.1) is 21.1 Å². The number of aromatic carboxylic acids is 1. The van der Waals surface area contributed by atoms with E-state index < -0.39 is 5.97 Å². The summed E-state index contributed by atoms with van der Waals surface area (Å²) in [5.74, 6) is -1.13. The monoisotopic (exact) mass is 1030 g/mol. The Balaban J connectivity index is 0.000000393. The number of carbonyl (C=O) groups excluding carboxylic acids is 2. The highest BCUT2D eigenvalue weighted by atomic mass is 35.5. The van der Waals surface area contributed by atoms with E-state index in [0.717, 1.165) is 114 Å². The SMILES string of the molecule is CC1=CC(C)=C(CN)C(=O)C1.CCN(c1sc(C#N)c(C(=O)NCc2c(C)cc(C)[nH]c2=O)c1C)C1CCC(N(C)C)CC1.CCN(c1sc(C#N)c(C(=O)O)c1C)C1CCC(N(C)C)CC1.Cl.Cl. The van der Waals surface area contributed by atoms with Gasteiger partial charge in [-0.05, 0) is 163 Å². The zero-order valence-corrected chi connectivity index (χ0v) is 45.9. The predicted octanol–water partition coefficient (Wildman–Crippen LogP) is 9.21. The third kappa shape index (κ3) is 15.0. The highest BCUT2D eigenvalue weighted by Crippen LogP contribution is 2.40. The third-order valence-corrected chi connectivity index (χ3v) is 16.1.